The third kappa shape index (κ3) is 11.7. The van der Waals surface area contributed by atoms with Crippen molar-refractivity contribution in [2.24, 2.45) is 0 Å². The first-order valence-corrected chi connectivity index (χ1v) is 0.595. The van der Waals surface area contributed by atoms with E-state index in [1.54, 1.807) is 0 Å². The molecule has 0 aliphatic heterocycles. The summed E-state index contributed by atoms with van der Waals surface area (Å²) in [6, 6.07) is 0. The molecule has 4 heteroatoms. The minimum absolute atomic E-state index is 0. The fourth-order valence-corrected chi connectivity index (χ4v) is 0. The van der Waals surface area contributed by atoms with Crippen LogP contribution in [0, 0.1) is 0 Å². The van der Waals surface area contributed by atoms with E-state index in [2.05, 4.69) is 0 Å². The van der Waals surface area contributed by atoms with Crippen molar-refractivity contribution in [3.05, 3.63) is 0 Å². The van der Waals surface area contributed by atoms with Crippen LogP contribution in [0.3, 0.4) is 0 Å². The van der Waals surface area contributed by atoms with Gasteiger partial charge < -0.3 is 5.48 Å². The van der Waals surface area contributed by atoms with Crippen molar-refractivity contribution in [2.45, 2.75) is 0 Å². The van der Waals surface area contributed by atoms with Gasteiger partial charge in [-0.15, -0.1) is 0 Å². The minimum atomic E-state index is 0. The molecule has 0 aromatic heterocycles. The average molecular weight is 116 g/mol. The van der Waals surface area contributed by atoms with E-state index in [-0.39, 0.29) is 28.5 Å². The summed E-state index contributed by atoms with van der Waals surface area (Å²) in [4.78, 5) is 0. The quantitative estimate of drug-likeness (QED) is 0.342. The second kappa shape index (κ2) is 34.3. The first kappa shape index (κ1) is 19.7. The Bertz CT molecular complexity index is 6.00. The monoisotopic (exact) mass is 116 g/mol. The molecule has 0 saturated heterocycles. The fourth-order valence-electron chi connectivity index (χ4n) is 0. The summed E-state index contributed by atoms with van der Waals surface area (Å²) in [5.74, 6) is 0. The Balaban J connectivity index is -0.00000000500. The Morgan fingerprint density at radius 1 is 1.25 bits per heavy atom. The summed E-state index contributed by atoms with van der Waals surface area (Å²) >= 11 is 2.00. The van der Waals surface area contributed by atoms with Gasteiger partial charge in [0.1, 0.15) is 0 Å². The van der Waals surface area contributed by atoms with E-state index in [4.69, 9.17) is 3.83 Å². The van der Waals surface area contributed by atoms with Crippen molar-refractivity contribution in [2.75, 3.05) is 0 Å². The molecule has 2 N–H and O–H groups in total. The van der Waals surface area contributed by atoms with Gasteiger partial charge in [0.25, 0.3) is 0 Å². The van der Waals surface area contributed by atoms with Crippen LogP contribution in [0.25, 0.3) is 0 Å². The molecule has 0 spiro atoms. The summed E-state index contributed by atoms with van der Waals surface area (Å²) < 4.78 is 8.00. The van der Waals surface area contributed by atoms with E-state index in [0.717, 1.165) is 0 Å². The van der Waals surface area contributed by atoms with Crippen LogP contribution < -0.4 is 0 Å². The molecule has 0 radical (unpaired) electrons. The molecule has 26 valence electrons. The molecule has 0 aromatic rings. The van der Waals surface area contributed by atoms with E-state index in [0.29, 0.717) is 0 Å². The van der Waals surface area contributed by atoms with Gasteiger partial charge in [0.2, 0.25) is 0 Å². The van der Waals surface area contributed by atoms with Gasteiger partial charge in [0.05, 0.1) is 0 Å². The van der Waals surface area contributed by atoms with Gasteiger partial charge in [0, 0.05) is 0 Å². The molecule has 0 unspecified atom stereocenters. The van der Waals surface area contributed by atoms with Crippen molar-refractivity contribution in [3.8, 4) is 0 Å². The Morgan fingerprint density at radius 2 is 1.25 bits per heavy atom. The Morgan fingerprint density at radius 3 is 1.25 bits per heavy atom. The van der Waals surface area contributed by atoms with Gasteiger partial charge in [-0.3, -0.25) is 0 Å². The van der Waals surface area contributed by atoms with Crippen molar-refractivity contribution < 1.29 is 25.3 Å². The molecular weight excluding hydrogens is 112 g/mol. The van der Waals surface area contributed by atoms with E-state index in [1.807, 2.05) is 15.9 Å². The molecular formula is H4FeMgO2. The molecule has 0 heterocycles. The maximum absolute atomic E-state index is 8.00. The summed E-state index contributed by atoms with van der Waals surface area (Å²) in [5.41, 5.74) is 0. The second-order valence-electron chi connectivity index (χ2n) is 0. The third-order valence-corrected chi connectivity index (χ3v) is 0. The van der Waals surface area contributed by atoms with Gasteiger partial charge in [-0.25, -0.2) is 0 Å². The topological polar surface area (TPSA) is 48.6 Å². The normalized spacial score (nSPS) is 1.25. The Kier molecular flexibility index (Phi) is 169. The van der Waals surface area contributed by atoms with E-state index >= 15 is 0 Å². The zero-order valence-electron chi connectivity index (χ0n) is 1.26. The summed E-state index contributed by atoms with van der Waals surface area (Å²) in [5, 5.41) is 0. The first-order valence-electron chi connectivity index (χ1n) is 0.144. The van der Waals surface area contributed by atoms with Gasteiger partial charge in [0.15, 0.2) is 0 Å². The zero-order valence-corrected chi connectivity index (χ0v) is 2.37. The van der Waals surface area contributed by atoms with Crippen LogP contribution in [0.5, 0.6) is 0 Å². The number of hydrogen-bond donors (Lipinski definition) is 0. The van der Waals surface area contributed by atoms with Gasteiger partial charge in [-0.1, -0.05) is 0 Å². The van der Waals surface area contributed by atoms with Crippen LogP contribution in [0.15, 0.2) is 0 Å². The van der Waals surface area contributed by atoms with Crippen molar-refractivity contribution in [1.82, 2.24) is 0 Å². The van der Waals surface area contributed by atoms with E-state index in [9.17, 15) is 0 Å². The van der Waals surface area contributed by atoms with Gasteiger partial charge in [-0.05, 0) is 0 Å². The molecule has 0 saturated carbocycles. The SMILES string of the molecule is O.[MgH2].[O]=[Fe]. The van der Waals surface area contributed by atoms with Crippen molar-refractivity contribution in [1.29, 1.82) is 0 Å². The molecule has 2 nitrogen and oxygen atoms in total. The van der Waals surface area contributed by atoms with Crippen LogP contribution >= 0.6 is 0 Å². The first-order chi connectivity index (χ1) is 1.00. The summed E-state index contributed by atoms with van der Waals surface area (Å²) in [7, 11) is 0. The van der Waals surface area contributed by atoms with Crippen LogP contribution in [0.4, 0.5) is 0 Å². The molecule has 0 rings (SSSR count). The van der Waals surface area contributed by atoms with E-state index in [1.165, 1.54) is 0 Å². The molecule has 0 bridgehead atoms. The van der Waals surface area contributed by atoms with Crippen LogP contribution in [0.2, 0.25) is 0 Å². The molecule has 0 aliphatic carbocycles. The van der Waals surface area contributed by atoms with Crippen LogP contribution in [-0.2, 0) is 19.8 Å². The summed E-state index contributed by atoms with van der Waals surface area (Å²) in [6.07, 6.45) is 0. The summed E-state index contributed by atoms with van der Waals surface area (Å²) in [6.45, 7) is 0. The standard InChI is InChI=1S/Fe.Mg.H2O.O.2H/h;;1H2;;;. The maximum atomic E-state index is 8.00. The van der Waals surface area contributed by atoms with Crippen molar-refractivity contribution in [3.63, 3.8) is 0 Å². The Labute approximate surface area is 48.4 Å². The van der Waals surface area contributed by atoms with Crippen LogP contribution in [-0.4, -0.2) is 28.5 Å². The zero-order chi connectivity index (χ0) is 2.00. The van der Waals surface area contributed by atoms with Crippen molar-refractivity contribution >= 4 is 23.1 Å². The number of hydrogen-bond acceptors (Lipinski definition) is 1. The predicted molar refractivity (Wildman–Crippen MR) is 12.8 cm³/mol. The van der Waals surface area contributed by atoms with Gasteiger partial charge in [-0.2, -0.15) is 0 Å². The fraction of sp³-hybridized carbons (Fsp3) is 0. The van der Waals surface area contributed by atoms with Crippen LogP contribution in [0.1, 0.15) is 0 Å². The Hall–Kier alpha value is 1.05. The molecule has 0 aromatic carbocycles. The molecule has 0 fully saturated rings. The third-order valence-electron chi connectivity index (χ3n) is 0. The predicted octanol–water partition coefficient (Wildman–Crippen LogP) is -1.86. The number of rotatable bonds is 0. The van der Waals surface area contributed by atoms with E-state index < -0.39 is 0 Å². The molecule has 4 heavy (non-hydrogen) atoms. The second-order valence-corrected chi connectivity index (χ2v) is 0. The molecule has 0 atom stereocenters. The molecule has 0 amide bonds. The van der Waals surface area contributed by atoms with Gasteiger partial charge >= 0.3 is 42.8 Å². The average Bonchev–Trinajstić information content (AvgIpc) is 1.00. The molecule has 0 aliphatic rings.